The van der Waals surface area contributed by atoms with E-state index in [2.05, 4.69) is 18.7 Å². The van der Waals surface area contributed by atoms with Gasteiger partial charge >= 0.3 is 0 Å². The van der Waals surface area contributed by atoms with E-state index in [0.29, 0.717) is 5.92 Å². The number of amides is 1. The van der Waals surface area contributed by atoms with Gasteiger partial charge in [-0.15, -0.1) is 12.4 Å². The number of halogens is 1. The van der Waals surface area contributed by atoms with E-state index < -0.39 is 0 Å². The Kier molecular flexibility index (Phi) is 10.1. The lowest BCUT2D eigenvalue weighted by Crippen LogP contribution is -2.44. The van der Waals surface area contributed by atoms with Crippen LogP contribution in [0.1, 0.15) is 32.4 Å². The number of benzene rings is 1. The molecule has 1 aromatic rings. The Hall–Kier alpha value is -1.10. The van der Waals surface area contributed by atoms with Crippen LogP contribution in [0.4, 0.5) is 0 Å². The van der Waals surface area contributed by atoms with Gasteiger partial charge in [0, 0.05) is 25.7 Å². The van der Waals surface area contributed by atoms with Crippen LogP contribution in [-0.2, 0) is 4.79 Å². The summed E-state index contributed by atoms with van der Waals surface area (Å²) in [6, 6.07) is 9.60. The van der Waals surface area contributed by atoms with E-state index in [9.17, 15) is 4.79 Å². The zero-order valence-corrected chi connectivity index (χ0v) is 15.8. The van der Waals surface area contributed by atoms with Crippen molar-refractivity contribution < 1.29 is 4.79 Å². The maximum atomic E-state index is 12.8. The Morgan fingerprint density at radius 3 is 2.13 bits per heavy atom. The van der Waals surface area contributed by atoms with E-state index in [4.69, 9.17) is 5.73 Å². The van der Waals surface area contributed by atoms with Crippen LogP contribution in [0.2, 0.25) is 0 Å². The highest BCUT2D eigenvalue weighted by Crippen LogP contribution is 2.21. The van der Waals surface area contributed by atoms with E-state index in [-0.39, 0.29) is 30.3 Å². The molecule has 0 radical (unpaired) electrons. The minimum absolute atomic E-state index is 0. The van der Waals surface area contributed by atoms with Crippen molar-refractivity contribution in [1.82, 2.24) is 9.80 Å². The molecule has 132 valence electrons. The maximum absolute atomic E-state index is 12.8. The van der Waals surface area contributed by atoms with Crippen molar-refractivity contribution in [2.75, 3.05) is 33.7 Å². The molecule has 0 heterocycles. The average molecular weight is 342 g/mol. The zero-order valence-electron chi connectivity index (χ0n) is 15.0. The predicted molar refractivity (Wildman–Crippen MR) is 99.8 cm³/mol. The second-order valence-corrected chi connectivity index (χ2v) is 6.71. The Morgan fingerprint density at radius 2 is 1.65 bits per heavy atom. The number of carbonyl (C=O) groups excluding carboxylic acids is 1. The molecule has 1 rings (SSSR count). The normalized spacial score (nSPS) is 13.6. The molecule has 0 fully saturated rings. The van der Waals surface area contributed by atoms with Crippen LogP contribution in [0, 0.1) is 11.8 Å². The van der Waals surface area contributed by atoms with Gasteiger partial charge in [-0.25, -0.2) is 0 Å². The lowest BCUT2D eigenvalue weighted by Gasteiger charge is -2.30. The molecule has 2 N–H and O–H groups in total. The van der Waals surface area contributed by atoms with E-state index in [0.717, 1.165) is 25.2 Å². The van der Waals surface area contributed by atoms with Crippen LogP contribution >= 0.6 is 12.4 Å². The smallest absolute Gasteiger partial charge is 0.227 e. The van der Waals surface area contributed by atoms with Crippen molar-refractivity contribution in [3.63, 3.8) is 0 Å². The van der Waals surface area contributed by atoms with Gasteiger partial charge in [-0.1, -0.05) is 51.1 Å². The number of hydrogen-bond donors (Lipinski definition) is 1. The Morgan fingerprint density at radius 1 is 1.09 bits per heavy atom. The van der Waals surface area contributed by atoms with Crippen LogP contribution in [0.15, 0.2) is 30.3 Å². The first-order chi connectivity index (χ1) is 10.3. The highest BCUT2D eigenvalue weighted by molar-refractivity contribution is 5.85. The van der Waals surface area contributed by atoms with Crippen LogP contribution < -0.4 is 5.73 Å². The summed E-state index contributed by atoms with van der Waals surface area (Å²) in [5, 5.41) is 0. The van der Waals surface area contributed by atoms with Gasteiger partial charge in [-0.3, -0.25) is 4.79 Å². The SMILES string of the molecule is CC(C)CN(CCN(C)C)C(=O)C(C)C(N)c1ccccc1.Cl. The fourth-order valence-corrected chi connectivity index (χ4v) is 2.46. The minimum Gasteiger partial charge on any atom is -0.341 e. The van der Waals surface area contributed by atoms with Gasteiger partial charge in [0.2, 0.25) is 5.91 Å². The first-order valence-electron chi connectivity index (χ1n) is 8.07. The molecule has 0 saturated heterocycles. The summed E-state index contributed by atoms with van der Waals surface area (Å²) >= 11 is 0. The number of nitrogens with zero attached hydrogens (tertiary/aromatic N) is 2. The Balaban J connectivity index is 0.00000484. The fraction of sp³-hybridized carbons (Fsp3) is 0.611. The predicted octanol–water partition coefficient (Wildman–Crippen LogP) is 2.79. The highest BCUT2D eigenvalue weighted by Gasteiger charge is 2.27. The first kappa shape index (κ1) is 21.9. The Labute approximate surface area is 147 Å². The van der Waals surface area contributed by atoms with Crippen LogP contribution in [0.25, 0.3) is 0 Å². The van der Waals surface area contributed by atoms with Crippen LogP contribution in [0.3, 0.4) is 0 Å². The number of likely N-dealkylation sites (N-methyl/N-ethyl adjacent to an activating group) is 1. The number of hydrogen-bond acceptors (Lipinski definition) is 3. The van der Waals surface area contributed by atoms with E-state index >= 15 is 0 Å². The third-order valence-electron chi connectivity index (χ3n) is 3.83. The van der Waals surface area contributed by atoms with Gasteiger partial charge in [0.1, 0.15) is 0 Å². The van der Waals surface area contributed by atoms with Crippen LogP contribution in [-0.4, -0.2) is 49.4 Å². The summed E-state index contributed by atoms with van der Waals surface area (Å²) in [5.74, 6) is 0.376. The van der Waals surface area contributed by atoms with E-state index in [1.165, 1.54) is 0 Å². The molecule has 2 atom stereocenters. The van der Waals surface area contributed by atoms with Crippen molar-refractivity contribution in [1.29, 1.82) is 0 Å². The van der Waals surface area contributed by atoms with Crippen molar-refractivity contribution in [2.45, 2.75) is 26.8 Å². The number of nitrogens with two attached hydrogens (primary N) is 1. The molecule has 0 aromatic heterocycles. The third kappa shape index (κ3) is 7.34. The third-order valence-corrected chi connectivity index (χ3v) is 3.83. The molecule has 0 spiro atoms. The standard InChI is InChI=1S/C18H31N3O.ClH/c1-14(2)13-21(12-11-20(4)5)18(22)15(3)17(19)16-9-7-6-8-10-16;/h6-10,14-15,17H,11-13,19H2,1-5H3;1H. The van der Waals surface area contributed by atoms with Crippen molar-refractivity contribution in [2.24, 2.45) is 17.6 Å². The summed E-state index contributed by atoms with van der Waals surface area (Å²) in [6.07, 6.45) is 0. The maximum Gasteiger partial charge on any atom is 0.227 e. The lowest BCUT2D eigenvalue weighted by atomic mass is 9.94. The van der Waals surface area contributed by atoms with E-state index in [1.54, 1.807) is 0 Å². The second kappa shape index (κ2) is 10.6. The molecule has 0 bridgehead atoms. The average Bonchev–Trinajstić information content (AvgIpc) is 2.49. The summed E-state index contributed by atoms with van der Waals surface area (Å²) in [6.45, 7) is 8.60. The second-order valence-electron chi connectivity index (χ2n) is 6.71. The summed E-state index contributed by atoms with van der Waals surface area (Å²) < 4.78 is 0. The largest absolute Gasteiger partial charge is 0.341 e. The summed E-state index contributed by atoms with van der Waals surface area (Å²) in [5.41, 5.74) is 7.32. The molecule has 4 nitrogen and oxygen atoms in total. The van der Waals surface area contributed by atoms with Gasteiger partial charge in [-0.2, -0.15) is 0 Å². The van der Waals surface area contributed by atoms with Crippen LogP contribution in [0.5, 0.6) is 0 Å². The molecule has 0 aliphatic carbocycles. The van der Waals surface area contributed by atoms with Gasteiger partial charge in [0.25, 0.3) is 0 Å². The summed E-state index contributed by atoms with van der Waals surface area (Å²) in [7, 11) is 4.05. The number of rotatable bonds is 8. The first-order valence-corrected chi connectivity index (χ1v) is 8.07. The molecule has 0 aliphatic heterocycles. The molecule has 1 aromatic carbocycles. The molecular weight excluding hydrogens is 310 g/mol. The van der Waals surface area contributed by atoms with Gasteiger partial charge in [-0.05, 0) is 25.6 Å². The zero-order chi connectivity index (χ0) is 16.7. The van der Waals surface area contributed by atoms with Crippen molar-refractivity contribution in [3.05, 3.63) is 35.9 Å². The van der Waals surface area contributed by atoms with Gasteiger partial charge in [0.05, 0.1) is 5.92 Å². The molecule has 23 heavy (non-hydrogen) atoms. The van der Waals surface area contributed by atoms with Crippen molar-refractivity contribution in [3.8, 4) is 0 Å². The molecule has 2 unspecified atom stereocenters. The Bertz CT molecular complexity index is 451. The van der Waals surface area contributed by atoms with Crippen molar-refractivity contribution >= 4 is 18.3 Å². The molecular formula is C18H32ClN3O. The highest BCUT2D eigenvalue weighted by atomic mass is 35.5. The molecule has 0 aliphatic rings. The van der Waals surface area contributed by atoms with Gasteiger partial charge < -0.3 is 15.5 Å². The molecule has 1 amide bonds. The summed E-state index contributed by atoms with van der Waals surface area (Å²) in [4.78, 5) is 16.9. The minimum atomic E-state index is -0.261. The number of carbonyl (C=O) groups is 1. The fourth-order valence-electron chi connectivity index (χ4n) is 2.46. The van der Waals surface area contributed by atoms with E-state index in [1.807, 2.05) is 56.3 Å². The monoisotopic (exact) mass is 341 g/mol. The topological polar surface area (TPSA) is 49.6 Å². The lowest BCUT2D eigenvalue weighted by molar-refractivity contribution is -0.136. The van der Waals surface area contributed by atoms with Gasteiger partial charge in [0.15, 0.2) is 0 Å². The quantitative estimate of drug-likeness (QED) is 0.791. The molecule has 5 heteroatoms. The molecule has 0 saturated carbocycles.